The van der Waals surface area contributed by atoms with Gasteiger partial charge < -0.3 is 30.2 Å². The summed E-state index contributed by atoms with van der Waals surface area (Å²) in [6.07, 6.45) is -2.28. The van der Waals surface area contributed by atoms with Crippen LogP contribution < -0.4 is 20.7 Å². The van der Waals surface area contributed by atoms with E-state index in [1.165, 1.54) is 25.4 Å². The number of halogens is 2. The molecule has 2 aliphatic rings. The van der Waals surface area contributed by atoms with Crippen molar-refractivity contribution in [3.8, 4) is 5.75 Å². The number of alkyl halides is 2. The number of hydrogen-bond acceptors (Lipinski definition) is 12. The number of imidazole rings is 1. The van der Waals surface area contributed by atoms with Crippen molar-refractivity contribution >= 4 is 36.6 Å². The van der Waals surface area contributed by atoms with Crippen LogP contribution in [-0.4, -0.2) is 80.4 Å². The summed E-state index contributed by atoms with van der Waals surface area (Å²) in [6.45, 7) is 0.726. The number of carbonyl (C=O) groups is 1. The second kappa shape index (κ2) is 12.1. The van der Waals surface area contributed by atoms with Crippen molar-refractivity contribution in [3.05, 3.63) is 36.7 Å². The van der Waals surface area contributed by atoms with Crippen molar-refractivity contribution in [3.63, 3.8) is 0 Å². The number of nitrogens with one attached hydrogen (secondary N) is 2. The van der Waals surface area contributed by atoms with Gasteiger partial charge in [0.25, 0.3) is 0 Å². The molecule has 6 atom stereocenters. The number of carbonyl (C=O) groups excluding carboxylic acids is 1. The lowest BCUT2D eigenvalue weighted by Gasteiger charge is -2.26. The fourth-order valence-electron chi connectivity index (χ4n) is 4.45. The monoisotopic (exact) mass is 611 g/mol. The minimum Gasteiger partial charge on any atom is -0.465 e. The molecule has 2 fully saturated rings. The second-order valence-electron chi connectivity index (χ2n) is 10.0. The Hall–Kier alpha value is -3.43. The van der Waals surface area contributed by atoms with Gasteiger partial charge in [-0.05, 0) is 38.8 Å². The number of anilines is 2. The van der Waals surface area contributed by atoms with E-state index < -0.39 is 57.1 Å². The highest BCUT2D eigenvalue weighted by molar-refractivity contribution is 7.52. The van der Waals surface area contributed by atoms with E-state index in [1.807, 2.05) is 0 Å². The summed E-state index contributed by atoms with van der Waals surface area (Å²) in [7, 11) is -4.37. The van der Waals surface area contributed by atoms with Crippen molar-refractivity contribution in [1.82, 2.24) is 24.6 Å². The summed E-state index contributed by atoms with van der Waals surface area (Å²) in [6, 6.07) is 7.02. The summed E-state index contributed by atoms with van der Waals surface area (Å²) >= 11 is 0. The largest absolute Gasteiger partial charge is 0.465 e. The first kappa shape index (κ1) is 30.0. The molecule has 1 saturated heterocycles. The molecular weight excluding hydrogens is 579 g/mol. The quantitative estimate of drug-likeness (QED) is 0.163. The molecule has 0 bridgehead atoms. The van der Waals surface area contributed by atoms with E-state index in [9.17, 15) is 18.9 Å². The lowest BCUT2D eigenvalue weighted by molar-refractivity contribution is -0.144. The van der Waals surface area contributed by atoms with Crippen LogP contribution in [0.2, 0.25) is 0 Å². The zero-order valence-corrected chi connectivity index (χ0v) is 23.7. The number of ether oxygens (including phenoxy) is 2. The summed E-state index contributed by atoms with van der Waals surface area (Å²) < 4.78 is 67.0. The van der Waals surface area contributed by atoms with Crippen LogP contribution in [0.5, 0.6) is 5.75 Å². The molecule has 1 saturated carbocycles. The van der Waals surface area contributed by atoms with Crippen LogP contribution in [0.4, 0.5) is 20.5 Å². The summed E-state index contributed by atoms with van der Waals surface area (Å²) in [5.74, 6) is -0.380. The highest BCUT2D eigenvalue weighted by Gasteiger charge is 2.59. The molecule has 0 radical (unpaired) electrons. The molecule has 14 nitrogen and oxygen atoms in total. The Morgan fingerprint density at radius 1 is 1.33 bits per heavy atom. The number of nitrogens with zero attached hydrogens (tertiary/aromatic N) is 4. The Labute approximate surface area is 239 Å². The minimum absolute atomic E-state index is 0.0582. The van der Waals surface area contributed by atoms with Crippen molar-refractivity contribution in [1.29, 1.82) is 0 Å². The van der Waals surface area contributed by atoms with Gasteiger partial charge in [-0.15, -0.1) is 0 Å². The molecule has 5 rings (SSSR count). The first-order chi connectivity index (χ1) is 20.1. The smallest absolute Gasteiger partial charge is 0.459 e. The van der Waals surface area contributed by atoms with E-state index in [1.54, 1.807) is 25.1 Å². The fourth-order valence-corrected chi connectivity index (χ4v) is 5.95. The van der Waals surface area contributed by atoms with Crippen molar-refractivity contribution in [2.24, 2.45) is 0 Å². The third kappa shape index (κ3) is 6.17. The number of nitrogens with two attached hydrogens (primary N) is 1. The van der Waals surface area contributed by atoms with Crippen LogP contribution in [0.15, 0.2) is 36.7 Å². The van der Waals surface area contributed by atoms with Gasteiger partial charge in [-0.25, -0.2) is 18.3 Å². The molecule has 0 amide bonds. The van der Waals surface area contributed by atoms with Gasteiger partial charge in [0.05, 0.1) is 19.5 Å². The third-order valence-corrected chi connectivity index (χ3v) is 8.39. The predicted octanol–water partition coefficient (Wildman–Crippen LogP) is 2.66. The molecule has 3 heterocycles. The van der Waals surface area contributed by atoms with Crippen LogP contribution in [0.3, 0.4) is 0 Å². The van der Waals surface area contributed by atoms with E-state index in [0.29, 0.717) is 5.82 Å². The highest BCUT2D eigenvalue weighted by atomic mass is 31.2. The number of nitrogen functional groups attached to an aromatic ring is 1. The number of para-hydroxylation sites is 1. The average molecular weight is 612 g/mol. The molecule has 2 unspecified atom stereocenters. The number of rotatable bonds is 13. The molecule has 3 aromatic rings. The Balaban J connectivity index is 1.39. The standard InChI is InChI=1S/C25H32F2N7O7P/c1-3-38-22(36)14(2)33-42(37,41-16-7-5-4-6-8-16)39-11-17-19(35)25(27,12-26)23(40-17)34-13-29-18-20(30-15-9-10-15)31-24(28)32-21(18)34/h4-8,13-15,17,19,23,35H,3,9-12H2,1-2H3,(H,33,37)(H3,28,30,31,32)/t14?,17?,19-,23-,25-,42-/m1/s1. The van der Waals surface area contributed by atoms with Gasteiger partial charge in [0.15, 0.2) is 23.2 Å². The van der Waals surface area contributed by atoms with Crippen molar-refractivity contribution in [2.45, 2.75) is 62.9 Å². The lowest BCUT2D eigenvalue weighted by atomic mass is 9.97. The van der Waals surface area contributed by atoms with Gasteiger partial charge in [-0.1, -0.05) is 18.2 Å². The number of fused-ring (bicyclic) bond motifs is 1. The number of aliphatic hydroxyl groups is 1. The molecule has 2 aromatic heterocycles. The number of aromatic nitrogens is 4. The zero-order chi connectivity index (χ0) is 30.1. The molecule has 17 heteroatoms. The maximum Gasteiger partial charge on any atom is 0.459 e. The van der Waals surface area contributed by atoms with E-state index in [0.717, 1.165) is 17.4 Å². The number of benzene rings is 1. The molecule has 1 aromatic carbocycles. The number of hydrogen-bond donors (Lipinski definition) is 4. The van der Waals surface area contributed by atoms with E-state index in [-0.39, 0.29) is 35.5 Å². The van der Waals surface area contributed by atoms with Gasteiger partial charge in [0, 0.05) is 6.04 Å². The molecule has 1 aliphatic heterocycles. The molecule has 1 aliphatic carbocycles. The van der Waals surface area contributed by atoms with Gasteiger partial charge in [-0.3, -0.25) is 13.9 Å². The number of esters is 1. The average Bonchev–Trinajstić information content (AvgIpc) is 3.62. The number of aliphatic hydroxyl groups excluding tert-OH is 1. The summed E-state index contributed by atoms with van der Waals surface area (Å²) in [5.41, 5.74) is 3.22. The fraction of sp³-hybridized carbons (Fsp3) is 0.520. The van der Waals surface area contributed by atoms with Crippen LogP contribution in [0.1, 0.15) is 32.9 Å². The first-order valence-electron chi connectivity index (χ1n) is 13.4. The SMILES string of the molecule is CCOC(=O)C(C)N[P@@](=O)(OCC1O[C@@H](n2cnc3c(NC4CC4)nc(N)nc32)[C@@](F)(CF)[C@@H]1O)Oc1ccccc1. The topological polar surface area (TPSA) is 185 Å². The molecular formula is C25H32F2N7O7P. The Bertz CT molecular complexity index is 1460. The molecule has 0 spiro atoms. The van der Waals surface area contributed by atoms with E-state index >= 15 is 4.39 Å². The van der Waals surface area contributed by atoms with Gasteiger partial charge in [0.2, 0.25) is 11.6 Å². The highest BCUT2D eigenvalue weighted by Crippen LogP contribution is 2.48. The maximum absolute atomic E-state index is 16.1. The Morgan fingerprint density at radius 3 is 2.74 bits per heavy atom. The third-order valence-electron chi connectivity index (χ3n) is 6.74. The molecule has 228 valence electrons. The predicted molar refractivity (Wildman–Crippen MR) is 146 cm³/mol. The normalized spacial score (nSPS) is 26.1. The minimum atomic E-state index is -4.37. The maximum atomic E-state index is 16.1. The van der Waals surface area contributed by atoms with Crippen molar-refractivity contribution in [2.75, 3.05) is 30.9 Å². The van der Waals surface area contributed by atoms with E-state index in [2.05, 4.69) is 25.4 Å². The van der Waals surface area contributed by atoms with Crippen LogP contribution in [0, 0.1) is 0 Å². The van der Waals surface area contributed by atoms with Crippen molar-refractivity contribution < 1.29 is 41.8 Å². The second-order valence-corrected chi connectivity index (χ2v) is 11.7. The van der Waals surface area contributed by atoms with Crippen LogP contribution in [0.25, 0.3) is 11.2 Å². The van der Waals surface area contributed by atoms with Crippen LogP contribution >= 0.6 is 7.75 Å². The van der Waals surface area contributed by atoms with Crippen LogP contribution in [-0.2, 0) is 23.4 Å². The Kier molecular flexibility index (Phi) is 8.62. The summed E-state index contributed by atoms with van der Waals surface area (Å²) in [4.78, 5) is 24.8. The van der Waals surface area contributed by atoms with Gasteiger partial charge in [-0.2, -0.15) is 15.1 Å². The molecule has 42 heavy (non-hydrogen) atoms. The Morgan fingerprint density at radius 2 is 2.07 bits per heavy atom. The molecule has 5 N–H and O–H groups in total. The zero-order valence-electron chi connectivity index (χ0n) is 22.9. The van der Waals surface area contributed by atoms with Gasteiger partial charge >= 0.3 is 13.7 Å². The lowest BCUT2D eigenvalue weighted by Crippen LogP contribution is -2.45. The van der Waals surface area contributed by atoms with E-state index in [4.69, 9.17) is 24.3 Å². The first-order valence-corrected chi connectivity index (χ1v) is 14.9. The van der Waals surface area contributed by atoms with Gasteiger partial charge in [0.1, 0.15) is 30.7 Å². The summed E-state index contributed by atoms with van der Waals surface area (Å²) in [5, 5.41) is 16.5.